The van der Waals surface area contributed by atoms with Crippen LogP contribution in [-0.4, -0.2) is 0 Å². The third-order valence-corrected chi connectivity index (χ3v) is 6.23. The van der Waals surface area contributed by atoms with E-state index in [1.165, 1.54) is 25.7 Å². The summed E-state index contributed by atoms with van der Waals surface area (Å²) in [5, 5.41) is 0. The van der Waals surface area contributed by atoms with Crippen LogP contribution in [0.1, 0.15) is 53.4 Å². The van der Waals surface area contributed by atoms with Crippen molar-refractivity contribution in [1.29, 1.82) is 0 Å². The zero-order valence-electron chi connectivity index (χ0n) is 10.6. The molecule has 0 heterocycles. The molecule has 3 fully saturated rings. The lowest BCUT2D eigenvalue weighted by Gasteiger charge is -2.68. The van der Waals surface area contributed by atoms with Crippen LogP contribution in [0.4, 0.5) is 0 Å². The molecule has 1 unspecified atom stereocenters. The summed E-state index contributed by atoms with van der Waals surface area (Å²) in [5.74, 6) is 3.03. The predicted octanol–water partition coefficient (Wildman–Crippen LogP) is 4.42. The highest BCUT2D eigenvalue weighted by Crippen LogP contribution is 2.70. The molecule has 4 aliphatic rings. The molecule has 0 aromatic heterocycles. The van der Waals surface area contributed by atoms with Crippen LogP contribution in [0.2, 0.25) is 0 Å². The Morgan fingerprint density at radius 3 is 2.53 bits per heavy atom. The fourth-order valence-corrected chi connectivity index (χ4v) is 4.92. The number of allylic oxidation sites excluding steroid dienone is 2. The lowest BCUT2D eigenvalue weighted by molar-refractivity contribution is -0.183. The van der Waals surface area contributed by atoms with Crippen LogP contribution in [0.3, 0.4) is 0 Å². The van der Waals surface area contributed by atoms with Gasteiger partial charge in [0.15, 0.2) is 0 Å². The summed E-state index contributed by atoms with van der Waals surface area (Å²) in [6, 6.07) is 0. The number of rotatable bonds is 0. The van der Waals surface area contributed by atoms with Crippen molar-refractivity contribution in [2.75, 3.05) is 0 Å². The summed E-state index contributed by atoms with van der Waals surface area (Å²) >= 11 is 0. The summed E-state index contributed by atoms with van der Waals surface area (Å²) in [6.45, 7) is 9.92. The molecule has 0 N–H and O–H groups in total. The molecule has 0 aliphatic heterocycles. The first kappa shape index (κ1) is 9.93. The quantitative estimate of drug-likeness (QED) is 0.513. The van der Waals surface area contributed by atoms with Crippen molar-refractivity contribution in [2.24, 2.45) is 28.6 Å². The summed E-state index contributed by atoms with van der Waals surface area (Å²) in [7, 11) is 0. The molecule has 4 aliphatic carbocycles. The Kier molecular flexibility index (Phi) is 1.79. The molecule has 84 valence electrons. The molecule has 3 saturated carbocycles. The number of hydrogen-bond donors (Lipinski definition) is 0. The van der Waals surface area contributed by atoms with Crippen molar-refractivity contribution < 1.29 is 0 Å². The molecule has 4 rings (SSSR count). The fourth-order valence-electron chi connectivity index (χ4n) is 4.92. The molecule has 0 radical (unpaired) electrons. The zero-order valence-corrected chi connectivity index (χ0v) is 10.6. The van der Waals surface area contributed by atoms with Gasteiger partial charge in [-0.3, -0.25) is 0 Å². The second-order valence-corrected chi connectivity index (χ2v) is 7.20. The normalized spacial score (nSPS) is 51.5. The van der Waals surface area contributed by atoms with Crippen molar-refractivity contribution in [3.8, 4) is 0 Å². The van der Waals surface area contributed by atoms with E-state index in [9.17, 15) is 0 Å². The lowest BCUT2D eigenvalue weighted by atomic mass is 9.36. The van der Waals surface area contributed by atoms with Crippen LogP contribution >= 0.6 is 0 Å². The predicted molar refractivity (Wildman–Crippen MR) is 64.6 cm³/mol. The van der Waals surface area contributed by atoms with Crippen molar-refractivity contribution in [3.05, 3.63) is 11.6 Å². The van der Waals surface area contributed by atoms with E-state index in [-0.39, 0.29) is 0 Å². The van der Waals surface area contributed by atoms with E-state index in [1.807, 2.05) is 0 Å². The summed E-state index contributed by atoms with van der Waals surface area (Å²) in [4.78, 5) is 0. The number of hydrogen-bond acceptors (Lipinski definition) is 0. The van der Waals surface area contributed by atoms with E-state index in [2.05, 4.69) is 33.8 Å². The van der Waals surface area contributed by atoms with Gasteiger partial charge < -0.3 is 0 Å². The van der Waals surface area contributed by atoms with E-state index in [0.29, 0.717) is 10.8 Å². The van der Waals surface area contributed by atoms with E-state index < -0.39 is 0 Å². The first-order valence-corrected chi connectivity index (χ1v) is 6.60. The Hall–Kier alpha value is -0.260. The van der Waals surface area contributed by atoms with Crippen LogP contribution in [0.25, 0.3) is 0 Å². The third-order valence-electron chi connectivity index (χ3n) is 6.23. The van der Waals surface area contributed by atoms with E-state index in [0.717, 1.165) is 17.8 Å². The van der Waals surface area contributed by atoms with Gasteiger partial charge in [-0.15, -0.1) is 0 Å². The first-order valence-electron chi connectivity index (χ1n) is 6.60. The van der Waals surface area contributed by atoms with E-state index >= 15 is 0 Å². The molecule has 0 aromatic carbocycles. The molecule has 2 bridgehead atoms. The largest absolute Gasteiger partial charge is 0.0850 e. The van der Waals surface area contributed by atoms with Gasteiger partial charge in [0.2, 0.25) is 0 Å². The molecule has 4 atom stereocenters. The zero-order chi connectivity index (χ0) is 10.8. The molecule has 0 saturated heterocycles. The van der Waals surface area contributed by atoms with Crippen LogP contribution < -0.4 is 0 Å². The van der Waals surface area contributed by atoms with Crippen LogP contribution in [0.15, 0.2) is 11.6 Å². The van der Waals surface area contributed by atoms with E-state index in [4.69, 9.17) is 0 Å². The maximum absolute atomic E-state index is 2.57. The summed E-state index contributed by atoms with van der Waals surface area (Å²) < 4.78 is 0. The van der Waals surface area contributed by atoms with Crippen molar-refractivity contribution in [1.82, 2.24) is 0 Å². The van der Waals surface area contributed by atoms with Crippen molar-refractivity contribution >= 4 is 0 Å². The SMILES string of the molecule is CC1=CC[C@]2(C)C(C1)C[C@@H]1C[C@H]2C1(C)C. The Morgan fingerprint density at radius 2 is 1.87 bits per heavy atom. The highest BCUT2D eigenvalue weighted by molar-refractivity contribution is 5.19. The highest BCUT2D eigenvalue weighted by Gasteiger charge is 2.62. The molecule has 0 nitrogen and oxygen atoms in total. The van der Waals surface area contributed by atoms with Gasteiger partial charge in [-0.1, -0.05) is 32.4 Å². The van der Waals surface area contributed by atoms with Crippen molar-refractivity contribution in [2.45, 2.75) is 53.4 Å². The van der Waals surface area contributed by atoms with E-state index in [1.54, 1.807) is 5.57 Å². The molecule has 0 heteroatoms. The fraction of sp³-hybridized carbons (Fsp3) is 0.867. The van der Waals surface area contributed by atoms with Gasteiger partial charge in [0.25, 0.3) is 0 Å². The van der Waals surface area contributed by atoms with Gasteiger partial charge in [-0.05, 0) is 61.2 Å². The second-order valence-electron chi connectivity index (χ2n) is 7.20. The smallest absolute Gasteiger partial charge is 0.0226 e. The third kappa shape index (κ3) is 1.09. The topological polar surface area (TPSA) is 0 Å². The maximum atomic E-state index is 2.57. The molecule has 15 heavy (non-hydrogen) atoms. The molecular formula is C15H24. The summed E-state index contributed by atoms with van der Waals surface area (Å²) in [6.07, 6.45) is 8.28. The minimum atomic E-state index is 0.637. The van der Waals surface area contributed by atoms with Gasteiger partial charge in [0.1, 0.15) is 0 Å². The Balaban J connectivity index is 1.95. The lowest BCUT2D eigenvalue weighted by Crippen LogP contribution is -2.61. The maximum Gasteiger partial charge on any atom is -0.0226 e. The first-order chi connectivity index (χ1) is 6.94. The average Bonchev–Trinajstić information content (AvgIpc) is 2.17. The average molecular weight is 204 g/mol. The molecule has 0 amide bonds. The highest BCUT2D eigenvalue weighted by atomic mass is 14.7. The monoisotopic (exact) mass is 204 g/mol. The minimum Gasteiger partial charge on any atom is -0.0850 e. The molecule has 0 aromatic rings. The Bertz CT molecular complexity index is 323. The van der Waals surface area contributed by atoms with Gasteiger partial charge in [-0.2, -0.15) is 0 Å². The summed E-state index contributed by atoms with van der Waals surface area (Å²) in [5.41, 5.74) is 2.93. The van der Waals surface area contributed by atoms with Crippen LogP contribution in [0, 0.1) is 28.6 Å². The van der Waals surface area contributed by atoms with Gasteiger partial charge in [0.05, 0.1) is 0 Å². The Morgan fingerprint density at radius 1 is 1.13 bits per heavy atom. The van der Waals surface area contributed by atoms with Crippen molar-refractivity contribution in [3.63, 3.8) is 0 Å². The van der Waals surface area contributed by atoms with Crippen LogP contribution in [-0.2, 0) is 0 Å². The molecular weight excluding hydrogens is 180 g/mol. The molecule has 0 spiro atoms. The van der Waals surface area contributed by atoms with Gasteiger partial charge in [-0.25, -0.2) is 0 Å². The Labute approximate surface area is 94.1 Å². The van der Waals surface area contributed by atoms with Crippen LogP contribution in [0.5, 0.6) is 0 Å². The van der Waals surface area contributed by atoms with Gasteiger partial charge in [0, 0.05) is 0 Å². The van der Waals surface area contributed by atoms with Gasteiger partial charge >= 0.3 is 0 Å². The second kappa shape index (κ2) is 2.70. The minimum absolute atomic E-state index is 0.637. The standard InChI is InChI=1S/C15H24/c1-10-5-6-15(4)12(7-10)8-11-9-13(15)14(11,2)3/h5,11-13H,6-9H2,1-4H3/t11-,12?,13+,15-/m1/s1.